The minimum atomic E-state index is -2.01. The Kier molecular flexibility index (Phi) is 7.76. The Bertz CT molecular complexity index is 867. The quantitative estimate of drug-likeness (QED) is 0.457. The molecule has 0 N–H and O–H groups in total. The standard InChI is InChI=1S/C24H37NO5Si/c1-24(2,3)31(9,10)30-20-15-18(11-12-19(20)26-5)25(4)16-17-13-21(27-6)23(29-8)22(14-17)28-7/h11-15H,16H2,1-10H3. The van der Waals surface area contributed by atoms with Crippen molar-refractivity contribution in [2.75, 3.05) is 40.4 Å². The van der Waals surface area contributed by atoms with E-state index in [2.05, 4.69) is 44.8 Å². The highest BCUT2D eigenvalue weighted by molar-refractivity contribution is 6.74. The number of benzene rings is 2. The fourth-order valence-corrected chi connectivity index (χ4v) is 4.02. The van der Waals surface area contributed by atoms with Crippen LogP contribution in [0.25, 0.3) is 0 Å². The SMILES string of the molecule is COc1ccc(N(C)Cc2cc(OC)c(OC)c(OC)c2)cc1O[Si](C)(C)C(C)(C)C. The monoisotopic (exact) mass is 447 g/mol. The van der Waals surface area contributed by atoms with Crippen LogP contribution in [0.2, 0.25) is 18.1 Å². The molecule has 0 amide bonds. The summed E-state index contributed by atoms with van der Waals surface area (Å²) in [5.41, 5.74) is 2.07. The van der Waals surface area contributed by atoms with Crippen molar-refractivity contribution in [3.8, 4) is 28.7 Å². The number of hydrogen-bond donors (Lipinski definition) is 0. The second kappa shape index (κ2) is 9.72. The van der Waals surface area contributed by atoms with E-state index in [0.29, 0.717) is 23.8 Å². The van der Waals surface area contributed by atoms with Crippen molar-refractivity contribution in [2.45, 2.75) is 45.4 Å². The van der Waals surface area contributed by atoms with Gasteiger partial charge in [0.2, 0.25) is 5.75 Å². The van der Waals surface area contributed by atoms with Crippen LogP contribution in [0.4, 0.5) is 5.69 Å². The first-order valence-corrected chi connectivity index (χ1v) is 13.2. The average molecular weight is 448 g/mol. The zero-order valence-electron chi connectivity index (χ0n) is 20.6. The van der Waals surface area contributed by atoms with E-state index in [1.807, 2.05) is 31.3 Å². The van der Waals surface area contributed by atoms with Crippen LogP contribution in [-0.2, 0) is 6.54 Å². The normalized spacial score (nSPS) is 11.7. The van der Waals surface area contributed by atoms with Gasteiger partial charge in [-0.3, -0.25) is 0 Å². The minimum Gasteiger partial charge on any atom is -0.541 e. The van der Waals surface area contributed by atoms with Crippen LogP contribution >= 0.6 is 0 Å². The van der Waals surface area contributed by atoms with E-state index in [4.69, 9.17) is 23.4 Å². The molecule has 0 aliphatic rings. The molecule has 172 valence electrons. The molecule has 0 radical (unpaired) electrons. The fraction of sp³-hybridized carbons (Fsp3) is 0.500. The predicted molar refractivity (Wildman–Crippen MR) is 129 cm³/mol. The van der Waals surface area contributed by atoms with Crippen LogP contribution < -0.4 is 28.3 Å². The summed E-state index contributed by atoms with van der Waals surface area (Å²) in [6, 6.07) is 9.99. The number of hydrogen-bond acceptors (Lipinski definition) is 6. The average Bonchev–Trinajstić information content (AvgIpc) is 2.71. The van der Waals surface area contributed by atoms with E-state index in [0.717, 1.165) is 22.7 Å². The topological polar surface area (TPSA) is 49.4 Å². The third-order valence-corrected chi connectivity index (χ3v) is 10.2. The Labute approximate surface area is 188 Å². The molecule has 7 heteroatoms. The van der Waals surface area contributed by atoms with Gasteiger partial charge in [0.15, 0.2) is 17.2 Å². The molecular formula is C24H37NO5Si. The molecule has 0 aliphatic heterocycles. The smallest absolute Gasteiger partial charge is 0.250 e. The van der Waals surface area contributed by atoms with Gasteiger partial charge in [0, 0.05) is 25.3 Å². The third kappa shape index (κ3) is 5.58. The van der Waals surface area contributed by atoms with Gasteiger partial charge in [0.05, 0.1) is 28.4 Å². The van der Waals surface area contributed by atoms with Crippen LogP contribution in [0.5, 0.6) is 28.7 Å². The second-order valence-electron chi connectivity index (χ2n) is 9.09. The lowest BCUT2D eigenvalue weighted by molar-refractivity contribution is 0.324. The predicted octanol–water partition coefficient (Wildman–Crippen LogP) is 5.74. The molecule has 2 rings (SSSR count). The van der Waals surface area contributed by atoms with Crippen molar-refractivity contribution >= 4 is 14.0 Å². The molecule has 0 aromatic heterocycles. The molecule has 0 fully saturated rings. The maximum Gasteiger partial charge on any atom is 0.250 e. The number of methoxy groups -OCH3 is 4. The second-order valence-corrected chi connectivity index (χ2v) is 13.8. The number of anilines is 1. The van der Waals surface area contributed by atoms with Crippen molar-refractivity contribution in [1.29, 1.82) is 0 Å². The van der Waals surface area contributed by atoms with Crippen LogP contribution in [0.15, 0.2) is 30.3 Å². The lowest BCUT2D eigenvalue weighted by atomic mass is 10.1. The molecule has 2 aromatic carbocycles. The van der Waals surface area contributed by atoms with Gasteiger partial charge in [-0.1, -0.05) is 20.8 Å². The maximum absolute atomic E-state index is 6.56. The van der Waals surface area contributed by atoms with E-state index >= 15 is 0 Å². The molecular weight excluding hydrogens is 410 g/mol. The maximum atomic E-state index is 6.56. The fourth-order valence-electron chi connectivity index (χ4n) is 3.00. The molecule has 0 unspecified atom stereocenters. The number of nitrogens with zero attached hydrogens (tertiary/aromatic N) is 1. The molecule has 2 aromatic rings. The summed E-state index contributed by atoms with van der Waals surface area (Å²) in [7, 11) is 6.56. The molecule has 0 saturated heterocycles. The van der Waals surface area contributed by atoms with E-state index < -0.39 is 8.32 Å². The van der Waals surface area contributed by atoms with Gasteiger partial charge in [-0.25, -0.2) is 0 Å². The lowest BCUT2D eigenvalue weighted by Crippen LogP contribution is -2.44. The lowest BCUT2D eigenvalue weighted by Gasteiger charge is -2.37. The van der Waals surface area contributed by atoms with E-state index in [1.54, 1.807) is 28.4 Å². The zero-order valence-corrected chi connectivity index (χ0v) is 21.6. The molecule has 0 saturated carbocycles. The summed E-state index contributed by atoms with van der Waals surface area (Å²) >= 11 is 0. The highest BCUT2D eigenvalue weighted by Crippen LogP contribution is 2.42. The van der Waals surface area contributed by atoms with Gasteiger partial charge < -0.3 is 28.3 Å². The first-order chi connectivity index (χ1) is 14.5. The van der Waals surface area contributed by atoms with E-state index in [-0.39, 0.29) is 5.04 Å². The van der Waals surface area contributed by atoms with Crippen molar-refractivity contribution in [2.24, 2.45) is 0 Å². The van der Waals surface area contributed by atoms with Gasteiger partial charge in [-0.15, -0.1) is 0 Å². The molecule has 0 aliphatic carbocycles. The van der Waals surface area contributed by atoms with E-state index in [1.165, 1.54) is 0 Å². The van der Waals surface area contributed by atoms with Crippen molar-refractivity contribution < 1.29 is 23.4 Å². The number of rotatable bonds is 9. The Morgan fingerprint density at radius 2 is 1.32 bits per heavy atom. The molecule has 0 bridgehead atoms. The van der Waals surface area contributed by atoms with Gasteiger partial charge >= 0.3 is 0 Å². The van der Waals surface area contributed by atoms with Gasteiger partial charge in [-0.2, -0.15) is 0 Å². The van der Waals surface area contributed by atoms with Crippen LogP contribution in [-0.4, -0.2) is 43.8 Å². The highest BCUT2D eigenvalue weighted by atomic mass is 28.4. The molecule has 0 spiro atoms. The van der Waals surface area contributed by atoms with Crippen LogP contribution in [0.1, 0.15) is 26.3 Å². The summed E-state index contributed by atoms with van der Waals surface area (Å²) in [6.07, 6.45) is 0. The first kappa shape index (κ1) is 24.7. The van der Waals surface area contributed by atoms with Crippen LogP contribution in [0, 0.1) is 0 Å². The highest BCUT2D eigenvalue weighted by Gasteiger charge is 2.39. The first-order valence-electron chi connectivity index (χ1n) is 10.3. The number of ether oxygens (including phenoxy) is 4. The Balaban J connectivity index is 2.35. The minimum absolute atomic E-state index is 0.0934. The molecule has 0 heterocycles. The molecule has 6 nitrogen and oxygen atoms in total. The Morgan fingerprint density at radius 1 is 0.774 bits per heavy atom. The Hall–Kier alpha value is -2.54. The molecule has 0 atom stereocenters. The third-order valence-electron chi connectivity index (χ3n) is 5.90. The van der Waals surface area contributed by atoms with Crippen molar-refractivity contribution in [3.63, 3.8) is 0 Å². The van der Waals surface area contributed by atoms with Crippen molar-refractivity contribution in [3.05, 3.63) is 35.9 Å². The largest absolute Gasteiger partial charge is 0.541 e. The summed E-state index contributed by atoms with van der Waals surface area (Å²) in [5, 5.41) is 0.0934. The summed E-state index contributed by atoms with van der Waals surface area (Å²) in [6.45, 7) is 11.8. The summed E-state index contributed by atoms with van der Waals surface area (Å²) in [4.78, 5) is 2.15. The van der Waals surface area contributed by atoms with Gasteiger partial charge in [-0.05, 0) is 48.0 Å². The van der Waals surface area contributed by atoms with Gasteiger partial charge in [0.1, 0.15) is 5.75 Å². The van der Waals surface area contributed by atoms with Gasteiger partial charge in [0.25, 0.3) is 8.32 Å². The van der Waals surface area contributed by atoms with Crippen molar-refractivity contribution in [1.82, 2.24) is 0 Å². The Morgan fingerprint density at radius 3 is 1.77 bits per heavy atom. The summed E-state index contributed by atoms with van der Waals surface area (Å²) in [5.74, 6) is 3.40. The zero-order chi connectivity index (χ0) is 23.4. The summed E-state index contributed by atoms with van der Waals surface area (Å²) < 4.78 is 28.5. The molecule has 31 heavy (non-hydrogen) atoms. The van der Waals surface area contributed by atoms with Crippen LogP contribution in [0.3, 0.4) is 0 Å². The van der Waals surface area contributed by atoms with E-state index in [9.17, 15) is 0 Å².